The van der Waals surface area contributed by atoms with Gasteiger partial charge in [0.15, 0.2) is 0 Å². The van der Waals surface area contributed by atoms with Crippen LogP contribution in [0.4, 0.5) is 11.5 Å². The first kappa shape index (κ1) is 13.7. The molecule has 2 heterocycles. The summed E-state index contributed by atoms with van der Waals surface area (Å²) >= 11 is 1.14. The lowest BCUT2D eigenvalue weighted by molar-refractivity contribution is -0.384. The van der Waals surface area contributed by atoms with E-state index < -0.39 is 10.9 Å². The zero-order valence-electron chi connectivity index (χ0n) is 9.89. The fourth-order valence-electron chi connectivity index (χ4n) is 1.37. The summed E-state index contributed by atoms with van der Waals surface area (Å²) in [6.45, 7) is 0. The van der Waals surface area contributed by atoms with Crippen LogP contribution in [0, 0.1) is 10.1 Å². The Bertz CT molecular complexity index is 692. The highest BCUT2D eigenvalue weighted by Crippen LogP contribution is 2.29. The highest BCUT2D eigenvalue weighted by Gasteiger charge is 2.14. The van der Waals surface area contributed by atoms with E-state index in [0.29, 0.717) is 9.92 Å². The van der Waals surface area contributed by atoms with Gasteiger partial charge in [-0.3, -0.25) is 10.1 Å². The van der Waals surface area contributed by atoms with Crippen LogP contribution >= 0.6 is 11.8 Å². The van der Waals surface area contributed by atoms with Gasteiger partial charge in [-0.2, -0.15) is 0 Å². The molecule has 0 radical (unpaired) electrons. The molecule has 20 heavy (non-hydrogen) atoms. The number of nitrogens with zero attached hydrogens (tertiary/aromatic N) is 3. The minimum absolute atomic E-state index is 0.0927. The highest BCUT2D eigenvalue weighted by atomic mass is 32.2. The molecule has 0 amide bonds. The summed E-state index contributed by atoms with van der Waals surface area (Å²) in [5, 5.41) is 19.9. The van der Waals surface area contributed by atoms with Crippen molar-refractivity contribution in [3.63, 3.8) is 0 Å². The van der Waals surface area contributed by atoms with E-state index in [-0.39, 0.29) is 17.2 Å². The second-order valence-electron chi connectivity index (χ2n) is 3.59. The maximum Gasteiger partial charge on any atom is 0.354 e. The molecule has 102 valence electrons. The van der Waals surface area contributed by atoms with Gasteiger partial charge in [0, 0.05) is 17.2 Å². The first-order valence-electron chi connectivity index (χ1n) is 5.25. The maximum atomic E-state index is 10.8. The van der Waals surface area contributed by atoms with Crippen molar-refractivity contribution in [2.45, 2.75) is 9.92 Å². The number of nitrogens with two attached hydrogens (primary N) is 1. The highest BCUT2D eigenvalue weighted by molar-refractivity contribution is 7.99. The van der Waals surface area contributed by atoms with Crippen LogP contribution in [0.2, 0.25) is 0 Å². The predicted molar refractivity (Wildman–Crippen MR) is 70.6 cm³/mol. The Morgan fingerprint density at radius 1 is 1.40 bits per heavy atom. The zero-order valence-corrected chi connectivity index (χ0v) is 10.7. The number of aromatic nitrogens is 2. The topological polar surface area (TPSA) is 132 Å². The average molecular weight is 292 g/mol. The molecule has 0 aliphatic heterocycles. The van der Waals surface area contributed by atoms with Crippen LogP contribution in [-0.2, 0) is 0 Å². The van der Waals surface area contributed by atoms with E-state index in [1.54, 1.807) is 6.07 Å². The van der Waals surface area contributed by atoms with Crippen LogP contribution in [0.25, 0.3) is 0 Å². The number of carboxylic acids is 1. The molecule has 2 aromatic rings. The first-order valence-corrected chi connectivity index (χ1v) is 6.07. The smallest absolute Gasteiger partial charge is 0.354 e. The molecule has 2 aromatic heterocycles. The second kappa shape index (κ2) is 5.53. The molecular weight excluding hydrogens is 284 g/mol. The molecule has 3 N–H and O–H groups in total. The van der Waals surface area contributed by atoms with Gasteiger partial charge in [-0.05, 0) is 18.2 Å². The van der Waals surface area contributed by atoms with Crippen molar-refractivity contribution < 1.29 is 14.8 Å². The van der Waals surface area contributed by atoms with Crippen LogP contribution in [0.15, 0.2) is 40.4 Å². The van der Waals surface area contributed by atoms with Crippen LogP contribution < -0.4 is 5.73 Å². The van der Waals surface area contributed by atoms with Crippen molar-refractivity contribution in [1.29, 1.82) is 0 Å². The number of hydrogen-bond donors (Lipinski definition) is 2. The van der Waals surface area contributed by atoms with Crippen molar-refractivity contribution >= 4 is 29.2 Å². The fraction of sp³-hybridized carbons (Fsp3) is 0. The summed E-state index contributed by atoms with van der Waals surface area (Å²) in [7, 11) is 0. The Balaban J connectivity index is 2.26. The van der Waals surface area contributed by atoms with Gasteiger partial charge in [0.25, 0.3) is 0 Å². The minimum atomic E-state index is -1.14. The van der Waals surface area contributed by atoms with E-state index in [9.17, 15) is 14.9 Å². The number of carbonyl (C=O) groups is 1. The second-order valence-corrected chi connectivity index (χ2v) is 4.69. The number of aromatic carboxylic acids is 1. The van der Waals surface area contributed by atoms with Crippen LogP contribution in [0.3, 0.4) is 0 Å². The Hall–Kier alpha value is -2.68. The van der Waals surface area contributed by atoms with E-state index in [2.05, 4.69) is 9.97 Å². The lowest BCUT2D eigenvalue weighted by Crippen LogP contribution is -2.00. The van der Waals surface area contributed by atoms with E-state index in [1.807, 2.05) is 0 Å². The molecule has 0 fully saturated rings. The fourth-order valence-corrected chi connectivity index (χ4v) is 2.19. The van der Waals surface area contributed by atoms with E-state index >= 15 is 0 Å². The Kier molecular flexibility index (Phi) is 3.80. The van der Waals surface area contributed by atoms with Gasteiger partial charge in [0.1, 0.15) is 10.7 Å². The van der Waals surface area contributed by atoms with E-state index in [1.165, 1.54) is 24.4 Å². The normalized spacial score (nSPS) is 10.2. The number of rotatable bonds is 4. The average Bonchev–Trinajstić information content (AvgIpc) is 2.38. The summed E-state index contributed by atoms with van der Waals surface area (Å²) in [6, 6.07) is 5.69. The van der Waals surface area contributed by atoms with Gasteiger partial charge in [0.2, 0.25) is 5.82 Å². The molecule has 2 rings (SSSR count). The quantitative estimate of drug-likeness (QED) is 0.644. The molecule has 0 atom stereocenters. The summed E-state index contributed by atoms with van der Waals surface area (Å²) in [4.78, 5) is 29.0. The first-order chi connectivity index (χ1) is 9.47. The summed E-state index contributed by atoms with van der Waals surface area (Å²) in [5.41, 5.74) is 5.12. The third kappa shape index (κ3) is 3.01. The third-order valence-electron chi connectivity index (χ3n) is 2.25. The number of nitro groups is 1. The standard InChI is InChI=1S/C11H8N4O4S/c12-10-8(15(18)19)1-2-9(14-10)20-6-3-4-13-7(5-6)11(16)17/h1-5H,(H2,12,14)(H,16,17). The number of hydrogen-bond acceptors (Lipinski definition) is 7. The molecule has 0 aliphatic rings. The third-order valence-corrected chi connectivity index (χ3v) is 3.17. The van der Waals surface area contributed by atoms with Gasteiger partial charge in [-0.15, -0.1) is 0 Å². The summed E-state index contributed by atoms with van der Waals surface area (Å²) in [5.74, 6) is -1.32. The molecule has 0 aromatic carbocycles. The maximum absolute atomic E-state index is 10.8. The van der Waals surface area contributed by atoms with Crippen LogP contribution in [-0.4, -0.2) is 26.0 Å². The lowest BCUT2D eigenvalue weighted by atomic mass is 10.3. The molecular formula is C11H8N4O4S. The summed E-state index contributed by atoms with van der Waals surface area (Å²) < 4.78 is 0. The molecule has 0 aliphatic carbocycles. The van der Waals surface area contributed by atoms with Crippen molar-refractivity contribution in [1.82, 2.24) is 9.97 Å². The van der Waals surface area contributed by atoms with E-state index in [0.717, 1.165) is 11.8 Å². The molecule has 0 bridgehead atoms. The summed E-state index contributed by atoms with van der Waals surface area (Å²) in [6.07, 6.45) is 1.36. The molecule has 0 saturated carbocycles. The molecule has 0 spiro atoms. The van der Waals surface area contributed by atoms with Gasteiger partial charge >= 0.3 is 11.7 Å². The van der Waals surface area contributed by atoms with Crippen LogP contribution in [0.5, 0.6) is 0 Å². The van der Waals surface area contributed by atoms with Gasteiger partial charge < -0.3 is 10.8 Å². The molecule has 8 nitrogen and oxygen atoms in total. The van der Waals surface area contributed by atoms with Crippen molar-refractivity contribution in [3.8, 4) is 0 Å². The molecule has 0 saturated heterocycles. The minimum Gasteiger partial charge on any atom is -0.477 e. The van der Waals surface area contributed by atoms with Gasteiger partial charge in [0.05, 0.1) is 4.92 Å². The number of anilines is 1. The Labute approximate surface area is 116 Å². The molecule has 9 heteroatoms. The predicted octanol–water partition coefficient (Wildman–Crippen LogP) is 1.82. The van der Waals surface area contributed by atoms with Gasteiger partial charge in [-0.1, -0.05) is 11.8 Å². The van der Waals surface area contributed by atoms with Crippen molar-refractivity contribution in [3.05, 3.63) is 46.3 Å². The number of pyridine rings is 2. The van der Waals surface area contributed by atoms with E-state index in [4.69, 9.17) is 10.8 Å². The Morgan fingerprint density at radius 2 is 2.15 bits per heavy atom. The largest absolute Gasteiger partial charge is 0.477 e. The zero-order chi connectivity index (χ0) is 14.7. The number of nitrogen functional groups attached to an aromatic ring is 1. The Morgan fingerprint density at radius 3 is 2.75 bits per heavy atom. The van der Waals surface area contributed by atoms with Crippen molar-refractivity contribution in [2.75, 3.05) is 5.73 Å². The number of carboxylic acid groups (broad SMARTS) is 1. The van der Waals surface area contributed by atoms with Crippen LogP contribution in [0.1, 0.15) is 10.5 Å². The SMILES string of the molecule is Nc1nc(Sc2ccnc(C(=O)O)c2)ccc1[N+](=O)[O-]. The van der Waals surface area contributed by atoms with Crippen molar-refractivity contribution in [2.24, 2.45) is 0 Å². The monoisotopic (exact) mass is 292 g/mol. The molecule has 0 unspecified atom stereocenters. The lowest BCUT2D eigenvalue weighted by Gasteiger charge is -2.03. The van der Waals surface area contributed by atoms with Gasteiger partial charge in [-0.25, -0.2) is 14.8 Å².